The Balaban J connectivity index is 1.59. The van der Waals surface area contributed by atoms with Crippen LogP contribution in [-0.2, 0) is 18.3 Å². The van der Waals surface area contributed by atoms with Crippen LogP contribution in [0.25, 0.3) is 0 Å². The van der Waals surface area contributed by atoms with Crippen molar-refractivity contribution in [2.24, 2.45) is 7.05 Å². The van der Waals surface area contributed by atoms with Crippen LogP contribution in [0.4, 0.5) is 11.5 Å². The van der Waals surface area contributed by atoms with Gasteiger partial charge in [-0.1, -0.05) is 0 Å². The molecule has 106 valence electrons. The molecule has 1 saturated heterocycles. The number of pyridine rings is 1. The number of hydrogen-bond donors (Lipinski definition) is 1. The maximum Gasteiger partial charge on any atom is 0.126 e. The third-order valence-electron chi connectivity index (χ3n) is 3.49. The zero-order valence-corrected chi connectivity index (χ0v) is 11.6. The van der Waals surface area contributed by atoms with Crippen molar-refractivity contribution in [3.8, 4) is 0 Å². The molecule has 0 saturated carbocycles. The van der Waals surface area contributed by atoms with E-state index in [4.69, 9.17) is 4.74 Å². The van der Waals surface area contributed by atoms with Crippen LogP contribution in [0.2, 0.25) is 0 Å². The lowest BCUT2D eigenvalue weighted by Crippen LogP contribution is -2.36. The van der Waals surface area contributed by atoms with Gasteiger partial charge in [0.2, 0.25) is 0 Å². The van der Waals surface area contributed by atoms with E-state index in [1.165, 1.54) is 0 Å². The molecule has 0 atom stereocenters. The van der Waals surface area contributed by atoms with Crippen molar-refractivity contribution in [1.82, 2.24) is 14.5 Å². The second-order valence-electron chi connectivity index (χ2n) is 4.85. The highest BCUT2D eigenvalue weighted by atomic mass is 16.5. The SMILES string of the molecule is Cn1cncc1CNc1ccc(N2CCOCC2)cn1. The van der Waals surface area contributed by atoms with E-state index in [1.807, 2.05) is 30.1 Å². The molecule has 0 amide bonds. The summed E-state index contributed by atoms with van der Waals surface area (Å²) >= 11 is 0. The van der Waals surface area contributed by atoms with Gasteiger partial charge in [-0.25, -0.2) is 9.97 Å². The van der Waals surface area contributed by atoms with Crippen molar-refractivity contribution in [2.75, 3.05) is 36.5 Å². The summed E-state index contributed by atoms with van der Waals surface area (Å²) in [5, 5.41) is 3.30. The van der Waals surface area contributed by atoms with E-state index in [2.05, 4.69) is 26.3 Å². The van der Waals surface area contributed by atoms with E-state index in [-0.39, 0.29) is 0 Å². The van der Waals surface area contributed by atoms with Crippen LogP contribution in [0.1, 0.15) is 5.69 Å². The maximum absolute atomic E-state index is 5.35. The maximum atomic E-state index is 5.35. The number of aryl methyl sites for hydroxylation is 1. The van der Waals surface area contributed by atoms with Crippen LogP contribution in [0.15, 0.2) is 30.9 Å². The molecule has 0 aliphatic carbocycles. The summed E-state index contributed by atoms with van der Waals surface area (Å²) in [5.41, 5.74) is 2.28. The fourth-order valence-electron chi connectivity index (χ4n) is 2.24. The lowest BCUT2D eigenvalue weighted by Gasteiger charge is -2.28. The number of anilines is 2. The van der Waals surface area contributed by atoms with Gasteiger partial charge in [0.1, 0.15) is 5.82 Å². The molecule has 0 unspecified atom stereocenters. The number of aromatic nitrogens is 3. The van der Waals surface area contributed by atoms with Crippen LogP contribution in [0.3, 0.4) is 0 Å². The van der Waals surface area contributed by atoms with Gasteiger partial charge >= 0.3 is 0 Å². The normalized spacial score (nSPS) is 15.3. The predicted octanol–water partition coefficient (Wildman–Crippen LogP) is 1.26. The highest BCUT2D eigenvalue weighted by molar-refractivity contribution is 5.49. The summed E-state index contributed by atoms with van der Waals surface area (Å²) in [5.74, 6) is 0.878. The number of ether oxygens (including phenoxy) is 1. The van der Waals surface area contributed by atoms with Gasteiger partial charge in [0.15, 0.2) is 0 Å². The van der Waals surface area contributed by atoms with Crippen molar-refractivity contribution in [3.63, 3.8) is 0 Å². The molecular formula is C14H19N5O. The minimum absolute atomic E-state index is 0.723. The first-order chi connectivity index (χ1) is 9.83. The lowest BCUT2D eigenvalue weighted by molar-refractivity contribution is 0.122. The predicted molar refractivity (Wildman–Crippen MR) is 77.8 cm³/mol. The fraction of sp³-hybridized carbons (Fsp3) is 0.429. The molecule has 1 N–H and O–H groups in total. The summed E-state index contributed by atoms with van der Waals surface area (Å²) < 4.78 is 7.35. The molecule has 0 bridgehead atoms. The first-order valence-corrected chi connectivity index (χ1v) is 6.81. The van der Waals surface area contributed by atoms with Crippen molar-refractivity contribution in [3.05, 3.63) is 36.5 Å². The van der Waals surface area contributed by atoms with Gasteiger partial charge in [0.05, 0.1) is 43.7 Å². The minimum atomic E-state index is 0.723. The molecule has 6 nitrogen and oxygen atoms in total. The molecule has 2 aromatic heterocycles. The van der Waals surface area contributed by atoms with E-state index in [0.29, 0.717) is 0 Å². The van der Waals surface area contributed by atoms with Crippen LogP contribution in [-0.4, -0.2) is 40.8 Å². The third-order valence-corrected chi connectivity index (χ3v) is 3.49. The molecular weight excluding hydrogens is 254 g/mol. The molecule has 6 heteroatoms. The zero-order chi connectivity index (χ0) is 13.8. The Kier molecular flexibility index (Phi) is 3.83. The summed E-state index contributed by atoms with van der Waals surface area (Å²) in [4.78, 5) is 10.8. The molecule has 3 rings (SSSR count). The molecule has 2 aromatic rings. The molecule has 0 aromatic carbocycles. The molecule has 1 aliphatic heterocycles. The average molecular weight is 273 g/mol. The standard InChI is InChI=1S/C14H19N5O/c1-18-11-15-8-13(18)10-17-14-3-2-12(9-16-14)19-4-6-20-7-5-19/h2-3,8-9,11H,4-7,10H2,1H3,(H,16,17). The molecule has 1 fully saturated rings. The largest absolute Gasteiger partial charge is 0.378 e. The molecule has 3 heterocycles. The van der Waals surface area contributed by atoms with Gasteiger partial charge in [-0.05, 0) is 12.1 Å². The number of nitrogens with zero attached hydrogens (tertiary/aromatic N) is 4. The summed E-state index contributed by atoms with van der Waals surface area (Å²) in [7, 11) is 1.99. The van der Waals surface area contributed by atoms with E-state index in [9.17, 15) is 0 Å². The van der Waals surface area contributed by atoms with Gasteiger partial charge in [0.25, 0.3) is 0 Å². The Bertz CT molecular complexity index is 545. The number of imidazole rings is 1. The van der Waals surface area contributed by atoms with Gasteiger partial charge in [0, 0.05) is 26.3 Å². The summed E-state index contributed by atoms with van der Waals surface area (Å²) in [6, 6.07) is 4.12. The van der Waals surface area contributed by atoms with Crippen LogP contribution >= 0.6 is 0 Å². The van der Waals surface area contributed by atoms with Gasteiger partial charge in [-0.2, -0.15) is 0 Å². The third kappa shape index (κ3) is 2.91. The fourth-order valence-corrected chi connectivity index (χ4v) is 2.24. The van der Waals surface area contributed by atoms with Crippen molar-refractivity contribution in [1.29, 1.82) is 0 Å². The van der Waals surface area contributed by atoms with Crippen molar-refractivity contribution >= 4 is 11.5 Å². The Labute approximate surface area is 118 Å². The summed E-state index contributed by atoms with van der Waals surface area (Å²) in [6.07, 6.45) is 5.57. The molecule has 20 heavy (non-hydrogen) atoms. The second-order valence-corrected chi connectivity index (χ2v) is 4.85. The molecule has 0 spiro atoms. The number of nitrogens with one attached hydrogen (secondary N) is 1. The van der Waals surface area contributed by atoms with Gasteiger partial charge < -0.3 is 19.5 Å². The Morgan fingerprint density at radius 2 is 2.10 bits per heavy atom. The lowest BCUT2D eigenvalue weighted by atomic mass is 10.3. The smallest absolute Gasteiger partial charge is 0.126 e. The van der Waals surface area contributed by atoms with Crippen LogP contribution in [0, 0.1) is 0 Å². The van der Waals surface area contributed by atoms with Crippen molar-refractivity contribution < 1.29 is 4.74 Å². The van der Waals surface area contributed by atoms with Gasteiger partial charge in [-0.15, -0.1) is 0 Å². The monoisotopic (exact) mass is 273 g/mol. The molecule has 1 aliphatic rings. The number of hydrogen-bond acceptors (Lipinski definition) is 5. The second kappa shape index (κ2) is 5.92. The first-order valence-electron chi connectivity index (χ1n) is 6.81. The highest BCUT2D eigenvalue weighted by Gasteiger charge is 2.11. The number of rotatable bonds is 4. The van der Waals surface area contributed by atoms with E-state index in [1.54, 1.807) is 6.33 Å². The zero-order valence-electron chi connectivity index (χ0n) is 11.6. The quantitative estimate of drug-likeness (QED) is 0.909. The van der Waals surface area contributed by atoms with E-state index >= 15 is 0 Å². The summed E-state index contributed by atoms with van der Waals surface area (Å²) in [6.45, 7) is 4.17. The minimum Gasteiger partial charge on any atom is -0.378 e. The molecule has 0 radical (unpaired) electrons. The highest BCUT2D eigenvalue weighted by Crippen LogP contribution is 2.16. The van der Waals surface area contributed by atoms with E-state index in [0.717, 1.165) is 50.0 Å². The van der Waals surface area contributed by atoms with Crippen molar-refractivity contribution in [2.45, 2.75) is 6.54 Å². The Hall–Kier alpha value is -2.08. The number of morpholine rings is 1. The average Bonchev–Trinajstić information content (AvgIpc) is 2.92. The van der Waals surface area contributed by atoms with Crippen LogP contribution < -0.4 is 10.2 Å². The van der Waals surface area contributed by atoms with Crippen LogP contribution in [0.5, 0.6) is 0 Å². The van der Waals surface area contributed by atoms with E-state index < -0.39 is 0 Å². The Morgan fingerprint density at radius 3 is 2.75 bits per heavy atom. The first kappa shape index (κ1) is 12.9. The topological polar surface area (TPSA) is 55.2 Å². The van der Waals surface area contributed by atoms with Gasteiger partial charge in [-0.3, -0.25) is 0 Å². The Morgan fingerprint density at radius 1 is 1.25 bits per heavy atom.